The number of fused-ring (bicyclic) bond motifs is 1. The van der Waals surface area contributed by atoms with Gasteiger partial charge in [0.15, 0.2) is 0 Å². The summed E-state index contributed by atoms with van der Waals surface area (Å²) in [4.78, 5) is 10.3. The lowest BCUT2D eigenvalue weighted by Gasteiger charge is -2.11. The molecule has 7 nitrogen and oxygen atoms in total. The summed E-state index contributed by atoms with van der Waals surface area (Å²) >= 11 is 7.86. The van der Waals surface area contributed by atoms with Gasteiger partial charge in [0.1, 0.15) is 46.7 Å². The van der Waals surface area contributed by atoms with Gasteiger partial charge in [0, 0.05) is 5.69 Å². The number of thiophene rings is 1. The number of benzene rings is 2. The van der Waals surface area contributed by atoms with E-state index in [9.17, 15) is 4.39 Å². The number of nitrogens with two attached hydrogens (primary N) is 1. The van der Waals surface area contributed by atoms with Crippen LogP contribution in [0.15, 0.2) is 67.0 Å². The van der Waals surface area contributed by atoms with Crippen LogP contribution in [0.5, 0.6) is 5.75 Å². The molecule has 3 aromatic heterocycles. The third-order valence-electron chi connectivity index (χ3n) is 4.81. The van der Waals surface area contributed by atoms with Gasteiger partial charge in [-0.15, -0.1) is 21.5 Å². The molecule has 0 bridgehead atoms. The van der Waals surface area contributed by atoms with Crippen LogP contribution in [-0.4, -0.2) is 20.2 Å². The Labute approximate surface area is 208 Å². The number of anilines is 3. The van der Waals surface area contributed by atoms with Gasteiger partial charge < -0.3 is 15.8 Å². The van der Waals surface area contributed by atoms with E-state index in [1.165, 1.54) is 29.8 Å². The number of rotatable bonds is 5. The largest absolute Gasteiger partial charge is 0.487 e. The van der Waals surface area contributed by atoms with Crippen LogP contribution >= 0.6 is 22.9 Å². The Kier molecular flexibility index (Phi) is 6.39. The predicted molar refractivity (Wildman–Crippen MR) is 135 cm³/mol. The number of halogens is 2. The quantitative estimate of drug-likeness (QED) is 0.303. The molecule has 0 saturated carbocycles. The number of nitrogens with zero attached hydrogens (tertiary/aromatic N) is 4. The molecular weight excluding hydrogens is 487 g/mol. The molecule has 2 aromatic carbocycles. The molecule has 3 heterocycles. The molecule has 10 heteroatoms. The number of aromatic nitrogens is 4. The molecule has 5 aromatic rings. The summed E-state index contributed by atoms with van der Waals surface area (Å²) in [6.45, 7) is 0.206. The normalized spacial score (nSPS) is 10.6. The highest BCUT2D eigenvalue weighted by Crippen LogP contribution is 2.33. The first-order chi connectivity index (χ1) is 17.0. The van der Waals surface area contributed by atoms with E-state index in [0.717, 1.165) is 20.8 Å². The molecule has 0 aliphatic carbocycles. The molecule has 0 fully saturated rings. The Morgan fingerprint density at radius 2 is 1.94 bits per heavy atom. The summed E-state index contributed by atoms with van der Waals surface area (Å²) in [5, 5.41) is 12.3. The lowest BCUT2D eigenvalue weighted by Crippen LogP contribution is -1.98. The second-order valence-corrected chi connectivity index (χ2v) is 8.77. The first-order valence-corrected chi connectivity index (χ1v) is 11.5. The van der Waals surface area contributed by atoms with Crippen molar-refractivity contribution in [1.29, 1.82) is 0 Å². The minimum atomic E-state index is -0.311. The summed E-state index contributed by atoms with van der Waals surface area (Å²) in [6, 6.07) is 16.8. The minimum absolute atomic E-state index is 0.206. The van der Waals surface area contributed by atoms with E-state index >= 15 is 0 Å². The zero-order valence-electron chi connectivity index (χ0n) is 18.0. The molecule has 0 saturated heterocycles. The molecule has 0 amide bonds. The van der Waals surface area contributed by atoms with Gasteiger partial charge in [-0.3, -0.25) is 0 Å². The van der Waals surface area contributed by atoms with E-state index in [0.29, 0.717) is 33.7 Å². The zero-order chi connectivity index (χ0) is 24.2. The summed E-state index contributed by atoms with van der Waals surface area (Å²) in [7, 11) is 0. The standard InChI is InChI=1S/C25H16ClFN6OS/c26-21-11-18(5-8-22(21)34-13-15-2-1-3-16(27)10-15)31-24-20-12-19(35-25(20)30-14-29-24)7-4-17-6-9-23(28)33-32-17/h1-3,5-6,8-12,14H,13H2,(H2,28,33)(H,29,30,31). The zero-order valence-corrected chi connectivity index (χ0v) is 19.6. The van der Waals surface area contributed by atoms with Crippen molar-refractivity contribution in [1.82, 2.24) is 20.2 Å². The van der Waals surface area contributed by atoms with Crippen LogP contribution in [0, 0.1) is 17.7 Å². The number of hydrogen-bond acceptors (Lipinski definition) is 8. The Hall–Kier alpha value is -4.26. The molecule has 0 radical (unpaired) electrons. The molecule has 0 atom stereocenters. The summed E-state index contributed by atoms with van der Waals surface area (Å²) in [6.07, 6.45) is 1.49. The molecule has 0 aliphatic heterocycles. The minimum Gasteiger partial charge on any atom is -0.487 e. The van der Waals surface area contributed by atoms with Gasteiger partial charge >= 0.3 is 0 Å². The van der Waals surface area contributed by atoms with Crippen LogP contribution in [0.4, 0.5) is 21.7 Å². The van der Waals surface area contributed by atoms with Crippen molar-refractivity contribution in [2.45, 2.75) is 6.61 Å². The van der Waals surface area contributed by atoms with Crippen LogP contribution in [0.25, 0.3) is 10.2 Å². The molecule has 3 N–H and O–H groups in total. The highest BCUT2D eigenvalue weighted by molar-refractivity contribution is 7.19. The average molecular weight is 503 g/mol. The van der Waals surface area contributed by atoms with Crippen molar-refractivity contribution in [2.75, 3.05) is 11.1 Å². The van der Waals surface area contributed by atoms with Gasteiger partial charge in [-0.05, 0) is 65.9 Å². The fourth-order valence-electron chi connectivity index (χ4n) is 3.17. The smallest absolute Gasteiger partial charge is 0.146 e. The monoisotopic (exact) mass is 502 g/mol. The first-order valence-electron chi connectivity index (χ1n) is 10.3. The highest BCUT2D eigenvalue weighted by Gasteiger charge is 2.10. The molecule has 5 rings (SSSR count). The van der Waals surface area contributed by atoms with Crippen molar-refractivity contribution in [3.8, 4) is 17.6 Å². The van der Waals surface area contributed by atoms with E-state index < -0.39 is 0 Å². The third kappa shape index (κ3) is 5.46. The second-order valence-electron chi connectivity index (χ2n) is 7.33. The van der Waals surface area contributed by atoms with Gasteiger partial charge in [-0.2, -0.15) is 0 Å². The van der Waals surface area contributed by atoms with E-state index in [1.807, 2.05) is 12.1 Å². The lowest BCUT2D eigenvalue weighted by molar-refractivity contribution is 0.306. The van der Waals surface area contributed by atoms with E-state index in [2.05, 4.69) is 37.3 Å². The highest BCUT2D eigenvalue weighted by atomic mass is 35.5. The summed E-state index contributed by atoms with van der Waals surface area (Å²) in [5.74, 6) is 7.19. The summed E-state index contributed by atoms with van der Waals surface area (Å²) in [5.41, 5.74) is 7.52. The first kappa shape index (κ1) is 22.5. The molecule has 172 valence electrons. The van der Waals surface area contributed by atoms with Gasteiger partial charge in [0.25, 0.3) is 0 Å². The maximum absolute atomic E-state index is 13.4. The Bertz CT molecular complexity index is 1580. The topological polar surface area (TPSA) is 98.8 Å². The Morgan fingerprint density at radius 1 is 1.03 bits per heavy atom. The van der Waals surface area contributed by atoms with Crippen molar-refractivity contribution in [2.24, 2.45) is 0 Å². The maximum atomic E-state index is 13.4. The fraction of sp³-hybridized carbons (Fsp3) is 0.0400. The van der Waals surface area contributed by atoms with Gasteiger partial charge in [0.05, 0.1) is 15.3 Å². The number of nitrogen functional groups attached to an aromatic ring is 1. The van der Waals surface area contributed by atoms with Crippen molar-refractivity contribution >= 4 is 50.5 Å². The van der Waals surface area contributed by atoms with Gasteiger partial charge in [-0.1, -0.05) is 23.7 Å². The lowest BCUT2D eigenvalue weighted by atomic mass is 10.2. The van der Waals surface area contributed by atoms with Crippen LogP contribution in [0.2, 0.25) is 5.02 Å². The Morgan fingerprint density at radius 3 is 2.74 bits per heavy atom. The van der Waals surface area contributed by atoms with Crippen LogP contribution in [0.3, 0.4) is 0 Å². The molecule has 0 aliphatic rings. The molecule has 0 spiro atoms. The fourth-order valence-corrected chi connectivity index (χ4v) is 4.26. The summed E-state index contributed by atoms with van der Waals surface area (Å²) < 4.78 is 19.1. The SMILES string of the molecule is Nc1ccc(C#Cc2cc3c(Nc4ccc(OCc5cccc(F)c5)c(Cl)c4)ncnc3s2)nn1. The van der Waals surface area contributed by atoms with Crippen molar-refractivity contribution in [3.63, 3.8) is 0 Å². The molecule has 0 unspecified atom stereocenters. The molecule has 35 heavy (non-hydrogen) atoms. The number of hydrogen-bond donors (Lipinski definition) is 2. The van der Waals surface area contributed by atoms with Crippen LogP contribution in [0.1, 0.15) is 16.1 Å². The van der Waals surface area contributed by atoms with E-state index in [4.69, 9.17) is 22.1 Å². The van der Waals surface area contributed by atoms with Gasteiger partial charge in [0.2, 0.25) is 0 Å². The van der Waals surface area contributed by atoms with Crippen molar-refractivity contribution in [3.05, 3.63) is 94.0 Å². The predicted octanol–water partition coefficient (Wildman–Crippen LogP) is 5.58. The van der Waals surface area contributed by atoms with E-state index in [1.54, 1.807) is 36.4 Å². The molecular formula is C25H16ClFN6OS. The van der Waals surface area contributed by atoms with Crippen molar-refractivity contribution < 1.29 is 9.13 Å². The number of ether oxygens (including phenoxy) is 1. The van der Waals surface area contributed by atoms with Crippen LogP contribution in [-0.2, 0) is 6.61 Å². The second kappa shape index (κ2) is 9.93. The Balaban J connectivity index is 1.33. The number of nitrogens with one attached hydrogen (secondary N) is 1. The van der Waals surface area contributed by atoms with Gasteiger partial charge in [-0.25, -0.2) is 14.4 Å². The average Bonchev–Trinajstić information content (AvgIpc) is 3.28. The maximum Gasteiger partial charge on any atom is 0.146 e. The third-order valence-corrected chi connectivity index (χ3v) is 6.06. The van der Waals surface area contributed by atoms with E-state index in [-0.39, 0.29) is 12.4 Å². The van der Waals surface area contributed by atoms with Crippen LogP contribution < -0.4 is 15.8 Å².